The second-order valence-electron chi connectivity index (χ2n) is 6.41. The molecule has 0 atom stereocenters. The number of imide groups is 1. The summed E-state index contributed by atoms with van der Waals surface area (Å²) in [4.78, 5) is 38.1. The van der Waals surface area contributed by atoms with E-state index >= 15 is 0 Å². The van der Waals surface area contributed by atoms with Crippen molar-refractivity contribution in [3.8, 4) is 11.5 Å². The maximum atomic E-state index is 13.7. The number of carbonyl (C=O) groups excluding carboxylic acids is 3. The van der Waals surface area contributed by atoms with Gasteiger partial charge in [-0.25, -0.2) is 8.78 Å². The maximum absolute atomic E-state index is 13.7. The van der Waals surface area contributed by atoms with Gasteiger partial charge in [0.05, 0.1) is 27.9 Å². The van der Waals surface area contributed by atoms with Gasteiger partial charge in [0, 0.05) is 6.07 Å². The molecule has 2 aromatic carbocycles. The number of nitrogens with one attached hydrogen (secondary N) is 1. The number of anilines is 1. The molecule has 1 N–H and O–H groups in total. The van der Waals surface area contributed by atoms with Crippen molar-refractivity contribution < 1.29 is 32.6 Å². The quantitative estimate of drug-likeness (QED) is 0.383. The Hall–Kier alpha value is -2.67. The van der Waals surface area contributed by atoms with E-state index in [0.717, 1.165) is 20.6 Å². The van der Waals surface area contributed by atoms with E-state index in [4.69, 9.17) is 9.47 Å². The van der Waals surface area contributed by atoms with E-state index in [9.17, 15) is 23.2 Å². The second-order valence-corrected chi connectivity index (χ2v) is 8.56. The van der Waals surface area contributed by atoms with Crippen molar-refractivity contribution in [2.75, 3.05) is 25.6 Å². The highest BCUT2D eigenvalue weighted by molar-refractivity contribution is 14.1. The van der Waals surface area contributed by atoms with Crippen molar-refractivity contribution in [3.05, 3.63) is 56.0 Å². The molecule has 1 heterocycles. The number of hydrogen-bond acceptors (Lipinski definition) is 6. The van der Waals surface area contributed by atoms with Crippen LogP contribution in [-0.2, 0) is 9.59 Å². The van der Waals surface area contributed by atoms with Crippen molar-refractivity contribution in [2.24, 2.45) is 0 Å². The summed E-state index contributed by atoms with van der Waals surface area (Å²) >= 11 is 2.76. The molecule has 0 saturated carbocycles. The summed E-state index contributed by atoms with van der Waals surface area (Å²) in [6, 6.07) is 6.10. The molecule has 1 aliphatic heterocycles. The third-order valence-corrected chi connectivity index (χ3v) is 5.92. The Morgan fingerprint density at radius 1 is 1.25 bits per heavy atom. The topological polar surface area (TPSA) is 84.9 Å². The van der Waals surface area contributed by atoms with Crippen molar-refractivity contribution in [2.45, 2.75) is 6.92 Å². The Morgan fingerprint density at radius 3 is 2.66 bits per heavy atom. The highest BCUT2D eigenvalue weighted by Gasteiger charge is 2.36. The lowest BCUT2D eigenvalue weighted by molar-refractivity contribution is -0.127. The fourth-order valence-electron chi connectivity index (χ4n) is 2.84. The third kappa shape index (κ3) is 5.38. The van der Waals surface area contributed by atoms with Crippen LogP contribution < -0.4 is 14.8 Å². The highest BCUT2D eigenvalue weighted by Crippen LogP contribution is 2.37. The number of ether oxygens (including phenoxy) is 2. The zero-order valence-corrected chi connectivity index (χ0v) is 19.9. The van der Waals surface area contributed by atoms with Crippen LogP contribution >= 0.6 is 34.4 Å². The fourth-order valence-corrected chi connectivity index (χ4v) is 4.53. The van der Waals surface area contributed by atoms with E-state index < -0.39 is 35.2 Å². The average molecular weight is 574 g/mol. The SMILES string of the molecule is CCOc1cc(/C=C2/SC(=O)N(CC(=O)Nc3ccc(F)cc3F)C2=O)cc(I)c1OC. The molecule has 1 saturated heterocycles. The van der Waals surface area contributed by atoms with Crippen LogP contribution in [-0.4, -0.2) is 42.2 Å². The molecule has 0 aromatic heterocycles. The standard InChI is InChI=1S/C21H17F2IN2O5S/c1-3-31-16-7-11(6-14(24)19(16)30-2)8-17-20(28)26(21(29)32-17)10-18(27)25-15-5-4-12(22)9-13(15)23/h4-9H,3,10H2,1-2H3,(H,25,27)/b17-8+. The number of thioether (sulfide) groups is 1. The fraction of sp³-hybridized carbons (Fsp3) is 0.190. The number of halogens is 3. The van der Waals surface area contributed by atoms with Gasteiger partial charge in [-0.2, -0.15) is 0 Å². The number of amides is 3. The number of carbonyl (C=O) groups is 3. The Balaban J connectivity index is 1.77. The molecule has 11 heteroatoms. The molecule has 0 aliphatic carbocycles. The molecular formula is C21H17F2IN2O5S. The Morgan fingerprint density at radius 2 is 2.00 bits per heavy atom. The largest absolute Gasteiger partial charge is 0.492 e. The highest BCUT2D eigenvalue weighted by atomic mass is 127. The smallest absolute Gasteiger partial charge is 0.294 e. The molecule has 1 fully saturated rings. The average Bonchev–Trinajstić information content (AvgIpc) is 2.97. The van der Waals surface area contributed by atoms with Gasteiger partial charge in [-0.05, 0) is 77.2 Å². The summed E-state index contributed by atoms with van der Waals surface area (Å²) in [6.45, 7) is 1.63. The summed E-state index contributed by atoms with van der Waals surface area (Å²) in [6.07, 6.45) is 1.52. The molecule has 3 amide bonds. The second kappa shape index (κ2) is 10.3. The first-order valence-corrected chi connectivity index (χ1v) is 11.1. The summed E-state index contributed by atoms with van der Waals surface area (Å²) in [7, 11) is 1.52. The lowest BCUT2D eigenvalue weighted by Gasteiger charge is -2.13. The van der Waals surface area contributed by atoms with Gasteiger partial charge in [-0.3, -0.25) is 19.3 Å². The van der Waals surface area contributed by atoms with Crippen LogP contribution in [0.4, 0.5) is 19.3 Å². The van der Waals surface area contributed by atoms with Crippen LogP contribution in [0, 0.1) is 15.2 Å². The van der Waals surface area contributed by atoms with E-state index in [-0.39, 0.29) is 10.6 Å². The van der Waals surface area contributed by atoms with Gasteiger partial charge in [0.1, 0.15) is 18.2 Å². The molecule has 0 radical (unpaired) electrons. The number of methoxy groups -OCH3 is 1. The van der Waals surface area contributed by atoms with Gasteiger partial charge in [0.2, 0.25) is 5.91 Å². The van der Waals surface area contributed by atoms with Gasteiger partial charge >= 0.3 is 0 Å². The molecule has 3 rings (SSSR count). The van der Waals surface area contributed by atoms with E-state index in [1.807, 2.05) is 6.92 Å². The van der Waals surface area contributed by atoms with Gasteiger partial charge in [-0.1, -0.05) is 0 Å². The van der Waals surface area contributed by atoms with E-state index in [0.29, 0.717) is 41.5 Å². The third-order valence-electron chi connectivity index (χ3n) is 4.21. The zero-order chi connectivity index (χ0) is 23.4. The Kier molecular flexibility index (Phi) is 7.72. The predicted octanol–water partition coefficient (Wildman–Crippen LogP) is 4.65. The Labute approximate surface area is 200 Å². The van der Waals surface area contributed by atoms with Crippen LogP contribution in [0.5, 0.6) is 11.5 Å². The molecule has 0 unspecified atom stereocenters. The summed E-state index contributed by atoms with van der Waals surface area (Å²) in [5.74, 6) is -2.16. The summed E-state index contributed by atoms with van der Waals surface area (Å²) < 4.78 is 38.4. The first kappa shape index (κ1) is 24.0. The predicted molar refractivity (Wildman–Crippen MR) is 125 cm³/mol. The number of benzene rings is 2. The van der Waals surface area contributed by atoms with Gasteiger partial charge < -0.3 is 14.8 Å². The van der Waals surface area contributed by atoms with Crippen LogP contribution in [0.1, 0.15) is 12.5 Å². The molecule has 168 valence electrons. The van der Waals surface area contributed by atoms with Crippen molar-refractivity contribution >= 4 is 63.2 Å². The minimum atomic E-state index is -0.966. The number of hydrogen-bond donors (Lipinski definition) is 1. The normalized spacial score (nSPS) is 14.8. The zero-order valence-electron chi connectivity index (χ0n) is 16.9. The van der Waals surface area contributed by atoms with Crippen molar-refractivity contribution in [3.63, 3.8) is 0 Å². The van der Waals surface area contributed by atoms with Gasteiger partial charge in [0.25, 0.3) is 11.1 Å². The summed E-state index contributed by atoms with van der Waals surface area (Å²) in [5.41, 5.74) is 0.358. The molecule has 2 aromatic rings. The molecular weight excluding hydrogens is 557 g/mol. The lowest BCUT2D eigenvalue weighted by Crippen LogP contribution is -2.36. The molecule has 0 spiro atoms. The van der Waals surface area contributed by atoms with Crippen LogP contribution in [0.2, 0.25) is 0 Å². The van der Waals surface area contributed by atoms with Crippen molar-refractivity contribution in [1.82, 2.24) is 4.90 Å². The molecule has 7 nitrogen and oxygen atoms in total. The van der Waals surface area contributed by atoms with Gasteiger partial charge in [-0.15, -0.1) is 0 Å². The number of rotatable bonds is 7. The Bertz CT molecular complexity index is 1130. The van der Waals surface area contributed by atoms with Gasteiger partial charge in [0.15, 0.2) is 11.5 Å². The molecule has 32 heavy (non-hydrogen) atoms. The van der Waals surface area contributed by atoms with Crippen LogP contribution in [0.3, 0.4) is 0 Å². The van der Waals surface area contributed by atoms with E-state index in [1.54, 1.807) is 12.1 Å². The lowest BCUT2D eigenvalue weighted by atomic mass is 10.2. The summed E-state index contributed by atoms with van der Waals surface area (Å²) in [5, 5.41) is 1.59. The van der Waals surface area contributed by atoms with E-state index in [2.05, 4.69) is 27.9 Å². The van der Waals surface area contributed by atoms with E-state index in [1.165, 1.54) is 13.2 Å². The first-order valence-electron chi connectivity index (χ1n) is 9.24. The minimum Gasteiger partial charge on any atom is -0.492 e. The van der Waals surface area contributed by atoms with Crippen LogP contribution in [0.25, 0.3) is 6.08 Å². The van der Waals surface area contributed by atoms with Crippen molar-refractivity contribution in [1.29, 1.82) is 0 Å². The molecule has 1 aliphatic rings. The minimum absolute atomic E-state index is 0.124. The number of nitrogens with zero attached hydrogens (tertiary/aromatic N) is 1. The monoisotopic (exact) mass is 574 g/mol. The maximum Gasteiger partial charge on any atom is 0.294 e. The first-order chi connectivity index (χ1) is 15.2. The van der Waals surface area contributed by atoms with Crippen LogP contribution in [0.15, 0.2) is 35.2 Å². The molecule has 0 bridgehead atoms.